The Bertz CT molecular complexity index is 1170. The Labute approximate surface area is 236 Å². The summed E-state index contributed by atoms with van der Waals surface area (Å²) in [6.45, 7) is 0.474. The zero-order valence-electron chi connectivity index (χ0n) is 22.5. The van der Waals surface area contributed by atoms with Crippen molar-refractivity contribution in [3.8, 4) is 0 Å². The molecule has 2 rings (SSSR count). The van der Waals surface area contributed by atoms with E-state index in [1.807, 2.05) is 30.5 Å². The van der Waals surface area contributed by atoms with Gasteiger partial charge in [0.15, 0.2) is 0 Å². The summed E-state index contributed by atoms with van der Waals surface area (Å²) in [5, 5.41) is 17.9. The van der Waals surface area contributed by atoms with Gasteiger partial charge in [0.25, 0.3) is 0 Å². The van der Waals surface area contributed by atoms with Crippen LogP contribution in [0, 0.1) is 0 Å². The largest absolute Gasteiger partial charge is 0.480 e. The number of H-pyrrole nitrogens is 1. The molecule has 0 bridgehead atoms. The van der Waals surface area contributed by atoms with E-state index in [1.54, 1.807) is 6.20 Å². The van der Waals surface area contributed by atoms with Crippen LogP contribution in [0.4, 0.5) is 0 Å². The summed E-state index contributed by atoms with van der Waals surface area (Å²) in [6, 6.07) is 2.87. The molecule has 4 atom stereocenters. The number of carboxylic acid groups (broad SMARTS) is 1. The first-order valence-electron chi connectivity index (χ1n) is 13.0. The van der Waals surface area contributed by atoms with Crippen molar-refractivity contribution in [2.45, 2.75) is 62.7 Å². The summed E-state index contributed by atoms with van der Waals surface area (Å²) >= 11 is 1.43. The molecule has 0 radical (unpaired) electrons. The summed E-state index contributed by atoms with van der Waals surface area (Å²) in [5.41, 5.74) is 18.3. The Kier molecular flexibility index (Phi) is 13.4. The number of unbranched alkanes of at least 4 members (excludes halogenated alkanes) is 1. The number of amides is 4. The maximum atomic E-state index is 13.5. The number of hydrogen-bond donors (Lipinski definition) is 8. The Balaban J connectivity index is 2.27. The zero-order chi connectivity index (χ0) is 29.7. The van der Waals surface area contributed by atoms with Gasteiger partial charge in [-0.2, -0.15) is 11.8 Å². The molecule has 4 amide bonds. The molecule has 40 heavy (non-hydrogen) atoms. The van der Waals surface area contributed by atoms with Crippen LogP contribution in [0.25, 0.3) is 10.9 Å². The van der Waals surface area contributed by atoms with Crippen LogP contribution < -0.4 is 33.2 Å². The number of nitrogens with two attached hydrogens (primary N) is 3. The van der Waals surface area contributed by atoms with Crippen LogP contribution in [0.15, 0.2) is 30.5 Å². The number of carbonyl (C=O) groups excluding carboxylic acids is 4. The minimum Gasteiger partial charge on any atom is -0.480 e. The maximum Gasteiger partial charge on any atom is 0.326 e. The molecule has 11 N–H and O–H groups in total. The van der Waals surface area contributed by atoms with Gasteiger partial charge in [0.05, 0.1) is 12.5 Å². The lowest BCUT2D eigenvalue weighted by Crippen LogP contribution is -2.58. The zero-order valence-corrected chi connectivity index (χ0v) is 23.3. The van der Waals surface area contributed by atoms with Gasteiger partial charge in [-0.25, -0.2) is 4.79 Å². The molecular weight excluding hydrogens is 538 g/mol. The van der Waals surface area contributed by atoms with E-state index in [9.17, 15) is 29.1 Å². The Hall–Kier alpha value is -3.62. The predicted octanol–water partition coefficient (Wildman–Crippen LogP) is -0.666. The average Bonchev–Trinajstić information content (AvgIpc) is 3.32. The molecule has 4 unspecified atom stereocenters. The van der Waals surface area contributed by atoms with Crippen molar-refractivity contribution < 1.29 is 29.1 Å². The average molecular weight is 578 g/mol. The lowest BCUT2D eigenvalue weighted by atomic mass is 10.0. The molecule has 1 aromatic carbocycles. The molecule has 13 nitrogen and oxygen atoms in total. The number of carboxylic acids is 1. The number of hydrogen-bond acceptors (Lipinski definition) is 8. The number of aliphatic carboxylic acids is 1. The highest BCUT2D eigenvalue weighted by molar-refractivity contribution is 7.98. The van der Waals surface area contributed by atoms with E-state index < -0.39 is 60.2 Å². The fourth-order valence-corrected chi connectivity index (χ4v) is 4.57. The van der Waals surface area contributed by atoms with Gasteiger partial charge < -0.3 is 43.2 Å². The van der Waals surface area contributed by atoms with E-state index in [4.69, 9.17) is 17.2 Å². The lowest BCUT2D eigenvalue weighted by Gasteiger charge is -2.25. The number of aromatic amines is 1. The maximum absolute atomic E-state index is 13.5. The summed E-state index contributed by atoms with van der Waals surface area (Å²) in [5.74, 6) is -3.81. The molecule has 0 saturated carbocycles. The summed E-state index contributed by atoms with van der Waals surface area (Å²) in [4.78, 5) is 65.4. The van der Waals surface area contributed by atoms with Gasteiger partial charge in [0.1, 0.15) is 18.1 Å². The summed E-state index contributed by atoms with van der Waals surface area (Å²) in [6.07, 6.45) is 4.98. The molecule has 14 heteroatoms. The number of rotatable bonds is 18. The minimum absolute atomic E-state index is 0.105. The van der Waals surface area contributed by atoms with Crippen LogP contribution in [0.2, 0.25) is 0 Å². The molecule has 2 aromatic rings. The molecule has 0 aliphatic rings. The van der Waals surface area contributed by atoms with E-state index in [0.29, 0.717) is 31.6 Å². The molecular formula is C26H39N7O6S. The van der Waals surface area contributed by atoms with E-state index in [0.717, 1.165) is 16.5 Å². The van der Waals surface area contributed by atoms with Crippen molar-refractivity contribution in [3.05, 3.63) is 36.0 Å². The van der Waals surface area contributed by atoms with Gasteiger partial charge in [-0.3, -0.25) is 19.2 Å². The summed E-state index contributed by atoms with van der Waals surface area (Å²) < 4.78 is 0. The van der Waals surface area contributed by atoms with Crippen molar-refractivity contribution in [1.82, 2.24) is 20.9 Å². The number of thioether (sulfide) groups is 1. The number of carbonyl (C=O) groups is 5. The first-order chi connectivity index (χ1) is 19.1. The van der Waals surface area contributed by atoms with E-state index in [1.165, 1.54) is 11.8 Å². The van der Waals surface area contributed by atoms with Gasteiger partial charge in [-0.05, 0) is 49.4 Å². The van der Waals surface area contributed by atoms with Gasteiger partial charge >= 0.3 is 5.97 Å². The third-order valence-electron chi connectivity index (χ3n) is 6.30. The van der Waals surface area contributed by atoms with E-state index >= 15 is 0 Å². The standard InChI is InChI=1S/C26H39N7O6S/c1-40-11-9-19(24(36)33-21(26(38)39)13-22(29)34)31-25(37)20(32-23(35)17(28)7-4-5-10-27)12-15-14-30-18-8-3-2-6-16(15)18/h2-3,6,8,14,17,19-21,30H,4-5,7,9-13,27-28H2,1H3,(H2,29,34)(H,31,37)(H,32,35)(H,33,36)(H,38,39). The SMILES string of the molecule is CSCCC(NC(=O)C(Cc1c[nH]c2ccccc12)NC(=O)C(N)CCCCN)C(=O)NC(CC(N)=O)C(=O)O. The molecule has 1 heterocycles. The molecule has 0 fully saturated rings. The second-order valence-electron chi connectivity index (χ2n) is 9.43. The number of fused-ring (bicyclic) bond motifs is 1. The van der Waals surface area contributed by atoms with Crippen LogP contribution in [0.3, 0.4) is 0 Å². The number of aromatic nitrogens is 1. The number of primary amides is 1. The molecule has 220 valence electrons. The van der Waals surface area contributed by atoms with Crippen molar-refractivity contribution in [1.29, 1.82) is 0 Å². The van der Waals surface area contributed by atoms with E-state index in [2.05, 4.69) is 20.9 Å². The first kappa shape index (κ1) is 32.6. The predicted molar refractivity (Wildman–Crippen MR) is 153 cm³/mol. The van der Waals surface area contributed by atoms with Crippen LogP contribution in [-0.2, 0) is 30.4 Å². The number of nitrogens with one attached hydrogen (secondary N) is 4. The Morgan fingerprint density at radius 1 is 0.950 bits per heavy atom. The normalized spacial score (nSPS) is 14.1. The molecule has 0 saturated heterocycles. The fraction of sp³-hybridized carbons (Fsp3) is 0.500. The minimum atomic E-state index is -1.55. The molecule has 1 aromatic heterocycles. The number of benzene rings is 1. The quantitative estimate of drug-likeness (QED) is 0.105. The van der Waals surface area contributed by atoms with Crippen molar-refractivity contribution in [3.63, 3.8) is 0 Å². The van der Waals surface area contributed by atoms with Gasteiger partial charge in [0.2, 0.25) is 23.6 Å². The van der Waals surface area contributed by atoms with Crippen molar-refractivity contribution in [2.75, 3.05) is 18.6 Å². The van der Waals surface area contributed by atoms with Gasteiger partial charge in [0, 0.05) is 23.5 Å². The Morgan fingerprint density at radius 3 is 2.25 bits per heavy atom. The van der Waals surface area contributed by atoms with Gasteiger partial charge in [-0.1, -0.05) is 24.6 Å². The Morgan fingerprint density at radius 2 is 1.60 bits per heavy atom. The van der Waals surface area contributed by atoms with Crippen LogP contribution >= 0.6 is 11.8 Å². The third-order valence-corrected chi connectivity index (χ3v) is 6.95. The van der Waals surface area contributed by atoms with Crippen molar-refractivity contribution >= 4 is 52.3 Å². The van der Waals surface area contributed by atoms with E-state index in [-0.39, 0.29) is 12.8 Å². The molecule has 0 aliphatic carbocycles. The van der Waals surface area contributed by atoms with Crippen molar-refractivity contribution in [2.24, 2.45) is 17.2 Å². The number of para-hydroxylation sites is 1. The third kappa shape index (κ3) is 10.2. The first-order valence-corrected chi connectivity index (χ1v) is 14.4. The fourth-order valence-electron chi connectivity index (χ4n) is 4.10. The van der Waals surface area contributed by atoms with Crippen LogP contribution in [0.5, 0.6) is 0 Å². The smallest absolute Gasteiger partial charge is 0.326 e. The topological polar surface area (TPSA) is 236 Å². The lowest BCUT2D eigenvalue weighted by molar-refractivity contribution is -0.143. The second-order valence-corrected chi connectivity index (χ2v) is 10.4. The second kappa shape index (κ2) is 16.5. The molecule has 0 spiro atoms. The van der Waals surface area contributed by atoms with Crippen LogP contribution in [-0.4, -0.2) is 82.4 Å². The highest BCUT2D eigenvalue weighted by Crippen LogP contribution is 2.19. The summed E-state index contributed by atoms with van der Waals surface area (Å²) in [7, 11) is 0. The highest BCUT2D eigenvalue weighted by atomic mass is 32.2. The molecule has 0 aliphatic heterocycles. The van der Waals surface area contributed by atoms with Gasteiger partial charge in [-0.15, -0.1) is 0 Å². The monoisotopic (exact) mass is 577 g/mol. The highest BCUT2D eigenvalue weighted by Gasteiger charge is 2.31. The van der Waals surface area contributed by atoms with Crippen LogP contribution in [0.1, 0.15) is 37.7 Å².